The third-order valence-corrected chi connectivity index (χ3v) is 4.62. The van der Waals surface area contributed by atoms with E-state index in [2.05, 4.69) is 33.0 Å². The van der Waals surface area contributed by atoms with Crippen LogP contribution in [0, 0.1) is 0 Å². The molecule has 0 bridgehead atoms. The Morgan fingerprint density at radius 2 is 1.58 bits per heavy atom. The minimum absolute atomic E-state index is 0.0915. The Morgan fingerprint density at radius 3 is 2.05 bits per heavy atom. The fourth-order valence-electron chi connectivity index (χ4n) is 4.22. The van der Waals surface area contributed by atoms with E-state index in [4.69, 9.17) is 5.73 Å². The number of hydrogen-bond acceptors (Lipinski definition) is 2. The molecule has 1 heterocycles. The molecule has 0 atom stereocenters. The molecule has 1 aliphatic carbocycles. The van der Waals surface area contributed by atoms with Gasteiger partial charge in [0.05, 0.1) is 0 Å². The van der Waals surface area contributed by atoms with Crippen molar-refractivity contribution in [2.75, 3.05) is 0 Å². The van der Waals surface area contributed by atoms with Crippen LogP contribution < -0.4 is 11.1 Å². The van der Waals surface area contributed by atoms with Gasteiger partial charge >= 0.3 is 6.03 Å². The maximum Gasteiger partial charge on any atom is 0.318 e. The number of likely N-dealkylation sites (tertiary alicyclic amines) is 1. The lowest BCUT2D eigenvalue weighted by atomic mass is 9.77. The molecule has 4 heteroatoms. The van der Waals surface area contributed by atoms with E-state index < -0.39 is 0 Å². The molecular formula is C15H29N3O. The molecule has 110 valence electrons. The fraction of sp³-hybridized carbons (Fsp3) is 0.933. The molecule has 4 nitrogen and oxygen atoms in total. The van der Waals surface area contributed by atoms with E-state index in [1.54, 1.807) is 0 Å². The molecule has 0 unspecified atom stereocenters. The molecule has 3 N–H and O–H groups in total. The van der Waals surface area contributed by atoms with Crippen LogP contribution in [0.3, 0.4) is 0 Å². The van der Waals surface area contributed by atoms with Crippen LogP contribution >= 0.6 is 0 Å². The summed E-state index contributed by atoms with van der Waals surface area (Å²) in [6, 6.07) is 0.643. The normalized spacial score (nSPS) is 27.5. The second-order valence-corrected chi connectivity index (χ2v) is 7.56. The van der Waals surface area contributed by atoms with E-state index in [0.717, 1.165) is 25.7 Å². The summed E-state index contributed by atoms with van der Waals surface area (Å²) in [6.45, 7) is 8.51. The summed E-state index contributed by atoms with van der Waals surface area (Å²) in [5.74, 6) is 0. The van der Waals surface area contributed by atoms with Crippen LogP contribution in [0.1, 0.15) is 66.2 Å². The van der Waals surface area contributed by atoms with Crippen molar-refractivity contribution in [1.29, 1.82) is 0 Å². The minimum atomic E-state index is -0.177. The van der Waals surface area contributed by atoms with E-state index in [1.807, 2.05) is 4.90 Å². The highest BCUT2D eigenvalue weighted by atomic mass is 16.2. The number of amides is 2. The van der Waals surface area contributed by atoms with Crippen LogP contribution in [0.5, 0.6) is 0 Å². The zero-order valence-electron chi connectivity index (χ0n) is 12.8. The number of urea groups is 1. The first-order valence-electron chi connectivity index (χ1n) is 7.59. The number of nitrogens with two attached hydrogens (primary N) is 1. The molecule has 2 rings (SSSR count). The van der Waals surface area contributed by atoms with Gasteiger partial charge in [-0.3, -0.25) is 0 Å². The molecule has 19 heavy (non-hydrogen) atoms. The van der Waals surface area contributed by atoms with Gasteiger partial charge in [-0.15, -0.1) is 0 Å². The van der Waals surface area contributed by atoms with Gasteiger partial charge in [0.1, 0.15) is 0 Å². The van der Waals surface area contributed by atoms with Crippen molar-refractivity contribution in [1.82, 2.24) is 10.2 Å². The molecule has 0 aromatic carbocycles. The summed E-state index contributed by atoms with van der Waals surface area (Å²) in [6.07, 6.45) is 6.47. The predicted molar refractivity (Wildman–Crippen MR) is 78.0 cm³/mol. The number of nitrogens with zero attached hydrogens (tertiary/aromatic N) is 1. The lowest BCUT2D eigenvalue weighted by molar-refractivity contribution is 0.00217. The number of carbonyl (C=O) groups excluding carboxylic acids is 1. The summed E-state index contributed by atoms with van der Waals surface area (Å²) >= 11 is 0. The van der Waals surface area contributed by atoms with Gasteiger partial charge < -0.3 is 16.0 Å². The van der Waals surface area contributed by atoms with Gasteiger partial charge in [0.15, 0.2) is 0 Å². The van der Waals surface area contributed by atoms with E-state index >= 15 is 0 Å². The van der Waals surface area contributed by atoms with Crippen molar-refractivity contribution in [3.8, 4) is 0 Å². The lowest BCUT2D eigenvalue weighted by Gasteiger charge is -2.54. The quantitative estimate of drug-likeness (QED) is 0.767. The third kappa shape index (κ3) is 3.04. The third-order valence-electron chi connectivity index (χ3n) is 4.62. The average molecular weight is 267 g/mol. The SMILES string of the molecule is CC1(C)CC(N)CC(C)(C)N1C(=O)NC1CCCC1. The van der Waals surface area contributed by atoms with Gasteiger partial charge in [0.2, 0.25) is 0 Å². The van der Waals surface area contributed by atoms with Gasteiger partial charge in [0, 0.05) is 23.2 Å². The molecule has 1 saturated heterocycles. The number of rotatable bonds is 1. The Bertz CT molecular complexity index is 327. The van der Waals surface area contributed by atoms with Crippen LogP contribution in [-0.4, -0.2) is 34.1 Å². The first-order chi connectivity index (χ1) is 8.72. The predicted octanol–water partition coefficient (Wildman–Crippen LogP) is 2.62. The molecule has 0 spiro atoms. The zero-order chi connectivity index (χ0) is 14.3. The molecule has 0 radical (unpaired) electrons. The van der Waals surface area contributed by atoms with Gasteiger partial charge in [0.25, 0.3) is 0 Å². The van der Waals surface area contributed by atoms with Crippen molar-refractivity contribution in [2.45, 2.75) is 89.4 Å². The van der Waals surface area contributed by atoms with Crippen molar-refractivity contribution < 1.29 is 4.79 Å². The molecular weight excluding hydrogens is 238 g/mol. The first-order valence-corrected chi connectivity index (χ1v) is 7.59. The molecule has 1 saturated carbocycles. The van der Waals surface area contributed by atoms with Gasteiger partial charge in [-0.05, 0) is 53.4 Å². The maximum absolute atomic E-state index is 12.7. The summed E-state index contributed by atoms with van der Waals surface area (Å²) in [5, 5.41) is 3.22. The standard InChI is InChI=1S/C15H29N3O/c1-14(2)9-11(16)10-15(3,4)18(14)13(19)17-12-7-5-6-8-12/h11-12H,5-10,16H2,1-4H3,(H,17,19). The maximum atomic E-state index is 12.7. The van der Waals surface area contributed by atoms with Crippen LogP contribution in [0.25, 0.3) is 0 Å². The smallest absolute Gasteiger partial charge is 0.318 e. The second kappa shape index (κ2) is 4.97. The first kappa shape index (κ1) is 14.6. The molecule has 2 aliphatic rings. The zero-order valence-corrected chi connectivity index (χ0v) is 12.8. The Morgan fingerprint density at radius 1 is 1.11 bits per heavy atom. The van der Waals surface area contributed by atoms with E-state index in [9.17, 15) is 4.79 Å². The van der Waals surface area contributed by atoms with E-state index in [1.165, 1.54) is 12.8 Å². The van der Waals surface area contributed by atoms with Crippen LogP contribution in [0.15, 0.2) is 0 Å². The lowest BCUT2D eigenvalue weighted by Crippen LogP contribution is -2.67. The topological polar surface area (TPSA) is 58.4 Å². The Kier molecular flexibility index (Phi) is 3.83. The Balaban J connectivity index is 2.12. The molecule has 0 aromatic heterocycles. The second-order valence-electron chi connectivity index (χ2n) is 7.56. The van der Waals surface area contributed by atoms with E-state index in [0.29, 0.717) is 6.04 Å². The largest absolute Gasteiger partial charge is 0.335 e. The van der Waals surface area contributed by atoms with Gasteiger partial charge in [-0.25, -0.2) is 4.79 Å². The molecule has 2 fully saturated rings. The van der Waals surface area contributed by atoms with Crippen molar-refractivity contribution in [3.05, 3.63) is 0 Å². The van der Waals surface area contributed by atoms with Crippen molar-refractivity contribution in [3.63, 3.8) is 0 Å². The van der Waals surface area contributed by atoms with Crippen LogP contribution in [-0.2, 0) is 0 Å². The summed E-state index contributed by atoms with van der Waals surface area (Å²) < 4.78 is 0. The van der Waals surface area contributed by atoms with Crippen molar-refractivity contribution in [2.24, 2.45) is 5.73 Å². The van der Waals surface area contributed by atoms with Crippen LogP contribution in [0.2, 0.25) is 0 Å². The number of nitrogens with one attached hydrogen (secondary N) is 1. The average Bonchev–Trinajstić information content (AvgIpc) is 2.64. The number of carbonyl (C=O) groups is 1. The highest BCUT2D eigenvalue weighted by molar-refractivity contribution is 5.76. The molecule has 1 aliphatic heterocycles. The minimum Gasteiger partial charge on any atom is -0.335 e. The van der Waals surface area contributed by atoms with Gasteiger partial charge in [-0.2, -0.15) is 0 Å². The monoisotopic (exact) mass is 267 g/mol. The highest BCUT2D eigenvalue weighted by Gasteiger charge is 2.47. The highest BCUT2D eigenvalue weighted by Crippen LogP contribution is 2.37. The molecule has 2 amide bonds. The van der Waals surface area contributed by atoms with Crippen LogP contribution in [0.4, 0.5) is 4.79 Å². The molecule has 0 aromatic rings. The Hall–Kier alpha value is -0.770. The summed E-state index contributed by atoms with van der Waals surface area (Å²) in [4.78, 5) is 14.7. The van der Waals surface area contributed by atoms with E-state index in [-0.39, 0.29) is 23.2 Å². The summed E-state index contributed by atoms with van der Waals surface area (Å²) in [7, 11) is 0. The van der Waals surface area contributed by atoms with Gasteiger partial charge in [-0.1, -0.05) is 12.8 Å². The number of piperidine rings is 1. The Labute approximate surface area is 117 Å². The van der Waals surface area contributed by atoms with Crippen molar-refractivity contribution >= 4 is 6.03 Å². The summed E-state index contributed by atoms with van der Waals surface area (Å²) in [5.41, 5.74) is 5.80. The number of hydrogen-bond donors (Lipinski definition) is 2. The fourth-order valence-corrected chi connectivity index (χ4v) is 4.22.